The topological polar surface area (TPSA) is 128 Å². The number of carbonyl (C=O) groups is 1. The predicted molar refractivity (Wildman–Crippen MR) is 119 cm³/mol. The fourth-order valence-electron chi connectivity index (χ4n) is 3.56. The molecule has 0 aliphatic carbocycles. The first-order valence-corrected chi connectivity index (χ1v) is 10.4. The van der Waals surface area contributed by atoms with Gasteiger partial charge in [-0.3, -0.25) is 18.7 Å². The van der Waals surface area contributed by atoms with Crippen LogP contribution in [0.25, 0.3) is 22.1 Å². The molecule has 1 aliphatic rings. The lowest BCUT2D eigenvalue weighted by molar-refractivity contribution is -0.114. The van der Waals surface area contributed by atoms with Crippen LogP contribution in [0.4, 0.5) is 16.6 Å². The highest BCUT2D eigenvalue weighted by Crippen LogP contribution is 2.39. The fraction of sp³-hybridized carbons (Fsp3) is 0.200. The minimum atomic E-state index is -0.463. The first-order chi connectivity index (χ1) is 15.4. The van der Waals surface area contributed by atoms with E-state index in [2.05, 4.69) is 15.6 Å². The third kappa shape index (κ3) is 3.21. The Balaban J connectivity index is 1.41. The first kappa shape index (κ1) is 19.9. The van der Waals surface area contributed by atoms with E-state index in [1.54, 1.807) is 48.7 Å². The van der Waals surface area contributed by atoms with Gasteiger partial charge < -0.3 is 24.4 Å². The predicted octanol–water partition coefficient (Wildman–Crippen LogP) is 1.89. The van der Waals surface area contributed by atoms with Gasteiger partial charge in [0.05, 0.1) is 25.7 Å². The highest BCUT2D eigenvalue weighted by Gasteiger charge is 2.28. The molecule has 5 heterocycles. The van der Waals surface area contributed by atoms with E-state index in [4.69, 9.17) is 8.83 Å². The van der Waals surface area contributed by atoms with Gasteiger partial charge in [0.25, 0.3) is 5.56 Å². The van der Waals surface area contributed by atoms with Gasteiger partial charge in [0.2, 0.25) is 5.91 Å². The zero-order valence-electron chi connectivity index (χ0n) is 17.1. The summed E-state index contributed by atoms with van der Waals surface area (Å²) in [6, 6.07) is 7.10. The molecule has 2 N–H and O–H groups in total. The van der Waals surface area contributed by atoms with Crippen LogP contribution in [0.5, 0.6) is 0 Å². The van der Waals surface area contributed by atoms with Gasteiger partial charge in [-0.15, -0.1) is 0 Å². The summed E-state index contributed by atoms with van der Waals surface area (Å²) in [5.74, 6) is 1.19. The largest absolute Gasteiger partial charge is 0.463 e. The monoisotopic (exact) mass is 454 g/mol. The number of nitrogens with zero attached hydrogens (tertiary/aromatic N) is 4. The smallest absolute Gasteiger partial charge is 0.332 e. The van der Waals surface area contributed by atoms with Crippen LogP contribution in [-0.4, -0.2) is 33.2 Å². The Morgan fingerprint density at radius 3 is 2.56 bits per heavy atom. The van der Waals surface area contributed by atoms with Gasteiger partial charge >= 0.3 is 5.69 Å². The van der Waals surface area contributed by atoms with Gasteiger partial charge in [0.1, 0.15) is 27.8 Å². The number of fused-ring (bicyclic) bond motifs is 1. The average Bonchev–Trinajstić information content (AvgIpc) is 3.56. The van der Waals surface area contributed by atoms with E-state index in [-0.39, 0.29) is 24.8 Å². The van der Waals surface area contributed by atoms with Crippen LogP contribution in [0.1, 0.15) is 0 Å². The standard InChI is InChI=1S/C20H18N6O5S/c1-24-17-15(18(28)25(2)20(24)29)26(10-21-17)9-13(27)22-19-23-14(11-5-3-7-30-11)16(32-19)12-6-4-8-31-12/h3-8,21H,9-10H2,1-2H3,(H,22,23,27). The highest BCUT2D eigenvalue weighted by molar-refractivity contribution is 7.19. The number of rotatable bonds is 5. The molecule has 0 fully saturated rings. The highest BCUT2D eigenvalue weighted by atomic mass is 32.1. The molecule has 164 valence electrons. The summed E-state index contributed by atoms with van der Waals surface area (Å²) in [4.78, 5) is 44.3. The number of nitrogens with one attached hydrogen (secondary N) is 2. The summed E-state index contributed by atoms with van der Waals surface area (Å²) in [5, 5.41) is 6.16. The molecule has 5 rings (SSSR count). The van der Waals surface area contributed by atoms with Crippen LogP contribution in [0, 0.1) is 0 Å². The first-order valence-electron chi connectivity index (χ1n) is 9.61. The van der Waals surface area contributed by atoms with Crippen LogP contribution in [0.15, 0.2) is 55.2 Å². The van der Waals surface area contributed by atoms with Crippen LogP contribution in [0.3, 0.4) is 0 Å². The molecule has 1 aliphatic heterocycles. The Labute approximate surface area is 184 Å². The number of aromatic nitrogens is 3. The van der Waals surface area contributed by atoms with E-state index in [9.17, 15) is 14.4 Å². The lowest BCUT2D eigenvalue weighted by Crippen LogP contribution is -2.40. The molecule has 0 saturated carbocycles. The van der Waals surface area contributed by atoms with Gasteiger partial charge in [-0.05, 0) is 24.3 Å². The van der Waals surface area contributed by atoms with Crippen molar-refractivity contribution in [3.05, 3.63) is 57.6 Å². The summed E-state index contributed by atoms with van der Waals surface area (Å²) in [7, 11) is 2.97. The lowest BCUT2D eigenvalue weighted by Gasteiger charge is -2.16. The van der Waals surface area contributed by atoms with E-state index in [0.29, 0.717) is 28.2 Å². The second-order valence-electron chi connectivity index (χ2n) is 7.14. The zero-order valence-corrected chi connectivity index (χ0v) is 17.9. The molecule has 11 nitrogen and oxygen atoms in total. The van der Waals surface area contributed by atoms with E-state index < -0.39 is 11.2 Å². The van der Waals surface area contributed by atoms with Crippen molar-refractivity contribution in [1.29, 1.82) is 0 Å². The number of hydrogen-bond donors (Lipinski definition) is 2. The summed E-state index contributed by atoms with van der Waals surface area (Å²) in [6.07, 6.45) is 3.11. The van der Waals surface area contributed by atoms with Crippen molar-refractivity contribution in [2.75, 3.05) is 28.7 Å². The third-order valence-corrected chi connectivity index (χ3v) is 6.09. The number of amides is 1. The molecular formula is C20H18N6O5S. The molecule has 4 aromatic rings. The van der Waals surface area contributed by atoms with Gasteiger partial charge in [0, 0.05) is 14.1 Å². The van der Waals surface area contributed by atoms with Crippen LogP contribution < -0.4 is 26.8 Å². The van der Waals surface area contributed by atoms with Crippen molar-refractivity contribution in [3.63, 3.8) is 0 Å². The number of carbonyl (C=O) groups excluding carboxylic acids is 1. The molecule has 32 heavy (non-hydrogen) atoms. The second kappa shape index (κ2) is 7.57. The Bertz CT molecular complexity index is 1360. The molecule has 0 aromatic carbocycles. The van der Waals surface area contributed by atoms with Crippen LogP contribution >= 0.6 is 11.3 Å². The molecule has 0 unspecified atom stereocenters. The second-order valence-corrected chi connectivity index (χ2v) is 8.13. The lowest BCUT2D eigenvalue weighted by atomic mass is 10.2. The molecule has 4 aromatic heterocycles. The number of furan rings is 2. The third-order valence-electron chi connectivity index (χ3n) is 5.10. The maximum Gasteiger partial charge on any atom is 0.332 e. The summed E-state index contributed by atoms with van der Waals surface area (Å²) in [5.41, 5.74) is -0.0691. The molecule has 1 amide bonds. The summed E-state index contributed by atoms with van der Waals surface area (Å²) in [6.45, 7) is 0.127. The average molecular weight is 454 g/mol. The molecule has 0 atom stereocenters. The number of anilines is 3. The Hall–Kier alpha value is -4.06. The Kier molecular flexibility index (Phi) is 4.70. The van der Waals surface area contributed by atoms with Crippen molar-refractivity contribution in [2.24, 2.45) is 14.1 Å². The molecule has 0 saturated heterocycles. The van der Waals surface area contributed by atoms with Gasteiger partial charge in [0.15, 0.2) is 10.9 Å². The van der Waals surface area contributed by atoms with E-state index in [1.807, 2.05) is 0 Å². The minimum Gasteiger partial charge on any atom is -0.463 e. The van der Waals surface area contributed by atoms with Crippen molar-refractivity contribution in [3.8, 4) is 22.1 Å². The molecule has 0 radical (unpaired) electrons. The zero-order chi connectivity index (χ0) is 22.4. The van der Waals surface area contributed by atoms with Crippen molar-refractivity contribution in [2.45, 2.75) is 0 Å². The summed E-state index contributed by atoms with van der Waals surface area (Å²) < 4.78 is 13.3. The normalized spacial score (nSPS) is 12.6. The maximum absolute atomic E-state index is 12.8. The Morgan fingerprint density at radius 2 is 1.88 bits per heavy atom. The minimum absolute atomic E-state index is 0.0980. The van der Waals surface area contributed by atoms with Gasteiger partial charge in [-0.1, -0.05) is 11.3 Å². The van der Waals surface area contributed by atoms with Crippen molar-refractivity contribution < 1.29 is 13.6 Å². The molecular weight excluding hydrogens is 436 g/mol. The van der Waals surface area contributed by atoms with Crippen LogP contribution in [0.2, 0.25) is 0 Å². The van der Waals surface area contributed by atoms with Crippen molar-refractivity contribution >= 4 is 33.9 Å². The maximum atomic E-state index is 12.8. The SMILES string of the molecule is Cn1c2c(c(=O)n(C)c1=O)N(CC(=O)Nc1nc(-c3ccco3)c(-c3ccco3)s1)CN2. The fourth-order valence-corrected chi connectivity index (χ4v) is 4.51. The Morgan fingerprint density at radius 1 is 1.16 bits per heavy atom. The van der Waals surface area contributed by atoms with E-state index in [0.717, 1.165) is 9.44 Å². The van der Waals surface area contributed by atoms with Gasteiger partial charge in [-0.2, -0.15) is 0 Å². The van der Waals surface area contributed by atoms with Gasteiger partial charge in [-0.25, -0.2) is 9.78 Å². The number of hydrogen-bond acceptors (Lipinski definition) is 9. The van der Waals surface area contributed by atoms with Crippen LogP contribution in [-0.2, 0) is 18.9 Å². The molecule has 0 spiro atoms. The van der Waals surface area contributed by atoms with Crippen molar-refractivity contribution in [1.82, 2.24) is 14.1 Å². The summed E-state index contributed by atoms with van der Waals surface area (Å²) >= 11 is 1.26. The number of thiazole rings is 1. The quantitative estimate of drug-likeness (QED) is 0.468. The molecule has 0 bridgehead atoms. The molecule has 12 heteroatoms. The van der Waals surface area contributed by atoms with E-state index >= 15 is 0 Å². The van der Waals surface area contributed by atoms with E-state index in [1.165, 1.54) is 23.0 Å².